The summed E-state index contributed by atoms with van der Waals surface area (Å²) in [5.74, 6) is -0.646. The Morgan fingerprint density at radius 3 is 2.77 bits per heavy atom. The van der Waals surface area contributed by atoms with E-state index in [4.69, 9.17) is 4.84 Å². The Labute approximate surface area is 127 Å². The van der Waals surface area contributed by atoms with Crippen molar-refractivity contribution < 1.29 is 18.4 Å². The molecule has 0 aliphatic heterocycles. The maximum Gasteiger partial charge on any atom is 0.282 e. The monoisotopic (exact) mass is 309 g/mol. The van der Waals surface area contributed by atoms with Crippen molar-refractivity contribution in [3.63, 3.8) is 0 Å². The van der Waals surface area contributed by atoms with Crippen molar-refractivity contribution in [2.45, 2.75) is 19.9 Å². The Balaban J connectivity index is 2.26. The number of nitrogens with zero attached hydrogens (tertiary/aromatic N) is 3. The molecule has 2 rings (SSSR count). The quantitative estimate of drug-likeness (QED) is 0.798. The lowest BCUT2D eigenvalue weighted by atomic mass is 10.1. The number of carbonyl (C=O) groups excluding carboxylic acids is 1. The highest BCUT2D eigenvalue weighted by Gasteiger charge is 2.26. The summed E-state index contributed by atoms with van der Waals surface area (Å²) in [5.41, 5.74) is 1.18. The minimum absolute atomic E-state index is 0.160. The fraction of sp³-hybridized carbons (Fsp3) is 0.333. The van der Waals surface area contributed by atoms with Crippen LogP contribution >= 0.6 is 0 Å². The standard InChI is InChI=1S/C15H17F2N3O2/c1-10-5-4-6-11(7-10)8-20(22-3)15(21)12-9-19(2)18-13(12)14(16)17/h4-7,9,14H,8H2,1-3H3. The third kappa shape index (κ3) is 3.48. The average molecular weight is 309 g/mol. The van der Waals surface area contributed by atoms with E-state index in [1.165, 1.54) is 25.0 Å². The predicted octanol–water partition coefficient (Wildman–Crippen LogP) is 2.87. The van der Waals surface area contributed by atoms with Gasteiger partial charge in [-0.25, -0.2) is 13.8 Å². The van der Waals surface area contributed by atoms with Crippen molar-refractivity contribution in [3.05, 3.63) is 52.8 Å². The largest absolute Gasteiger partial charge is 0.282 e. The first-order valence-corrected chi connectivity index (χ1v) is 6.65. The Kier molecular flexibility index (Phi) is 4.87. The van der Waals surface area contributed by atoms with Crippen LogP contribution < -0.4 is 0 Å². The first kappa shape index (κ1) is 16.1. The molecule has 0 radical (unpaired) electrons. The fourth-order valence-corrected chi connectivity index (χ4v) is 2.16. The molecule has 0 saturated carbocycles. The van der Waals surface area contributed by atoms with E-state index in [-0.39, 0.29) is 12.1 Å². The molecule has 5 nitrogen and oxygen atoms in total. The molecule has 1 aromatic carbocycles. The average Bonchev–Trinajstić information content (AvgIpc) is 2.86. The molecule has 0 fully saturated rings. The Morgan fingerprint density at radius 2 is 2.18 bits per heavy atom. The van der Waals surface area contributed by atoms with Crippen LogP contribution in [0.25, 0.3) is 0 Å². The van der Waals surface area contributed by atoms with Crippen molar-refractivity contribution >= 4 is 5.91 Å². The number of aromatic nitrogens is 2. The Bertz CT molecular complexity index is 671. The van der Waals surface area contributed by atoms with Crippen LogP contribution in [0.2, 0.25) is 0 Å². The molecule has 7 heteroatoms. The Morgan fingerprint density at radius 1 is 1.45 bits per heavy atom. The molecule has 118 valence electrons. The van der Waals surface area contributed by atoms with Crippen molar-refractivity contribution in [2.75, 3.05) is 7.11 Å². The minimum Gasteiger partial charge on any atom is -0.275 e. The molecule has 0 atom stereocenters. The van der Waals surface area contributed by atoms with Gasteiger partial charge in [-0.15, -0.1) is 0 Å². The van der Waals surface area contributed by atoms with Crippen LogP contribution in [0, 0.1) is 6.92 Å². The SMILES string of the molecule is CON(Cc1cccc(C)c1)C(=O)c1cn(C)nc1C(F)F. The molecule has 22 heavy (non-hydrogen) atoms. The van der Waals surface area contributed by atoms with Gasteiger partial charge in [-0.2, -0.15) is 5.10 Å². The van der Waals surface area contributed by atoms with Gasteiger partial charge in [-0.3, -0.25) is 14.3 Å². The van der Waals surface area contributed by atoms with Crippen LogP contribution in [-0.4, -0.2) is 27.9 Å². The number of hydrogen-bond acceptors (Lipinski definition) is 3. The van der Waals surface area contributed by atoms with Crippen LogP contribution in [0.15, 0.2) is 30.5 Å². The lowest BCUT2D eigenvalue weighted by Crippen LogP contribution is -2.30. The summed E-state index contributed by atoms with van der Waals surface area (Å²) < 4.78 is 27.1. The molecule has 2 aromatic rings. The molecule has 1 amide bonds. The zero-order valence-corrected chi connectivity index (χ0v) is 12.6. The van der Waals surface area contributed by atoms with Crippen LogP contribution in [0.5, 0.6) is 0 Å². The normalized spacial score (nSPS) is 11.0. The molecule has 0 aliphatic rings. The zero-order valence-electron chi connectivity index (χ0n) is 12.6. The number of halogens is 2. The maximum absolute atomic E-state index is 13.0. The second kappa shape index (κ2) is 6.65. The van der Waals surface area contributed by atoms with Gasteiger partial charge >= 0.3 is 0 Å². The first-order chi connectivity index (χ1) is 10.4. The van der Waals surface area contributed by atoms with Crippen molar-refractivity contribution in [3.8, 4) is 0 Å². The predicted molar refractivity (Wildman–Crippen MR) is 76.2 cm³/mol. The van der Waals surface area contributed by atoms with Gasteiger partial charge in [0.1, 0.15) is 5.69 Å². The van der Waals surface area contributed by atoms with E-state index in [2.05, 4.69) is 5.10 Å². The molecule has 0 spiro atoms. The summed E-state index contributed by atoms with van der Waals surface area (Å²) in [6.45, 7) is 2.09. The molecule has 1 aromatic heterocycles. The third-order valence-corrected chi connectivity index (χ3v) is 3.15. The van der Waals surface area contributed by atoms with E-state index < -0.39 is 18.0 Å². The van der Waals surface area contributed by atoms with E-state index in [1.54, 1.807) is 0 Å². The lowest BCUT2D eigenvalue weighted by Gasteiger charge is -2.19. The van der Waals surface area contributed by atoms with Gasteiger partial charge in [0.15, 0.2) is 0 Å². The van der Waals surface area contributed by atoms with E-state index >= 15 is 0 Å². The number of hydroxylamine groups is 2. The maximum atomic E-state index is 13.0. The van der Waals surface area contributed by atoms with E-state index in [0.717, 1.165) is 16.2 Å². The van der Waals surface area contributed by atoms with Crippen molar-refractivity contribution in [1.29, 1.82) is 0 Å². The minimum atomic E-state index is -2.82. The molecule has 0 N–H and O–H groups in total. The van der Waals surface area contributed by atoms with Crippen LogP contribution in [0.1, 0.15) is 33.6 Å². The van der Waals surface area contributed by atoms with Gasteiger partial charge < -0.3 is 0 Å². The van der Waals surface area contributed by atoms with Crippen LogP contribution in [0.4, 0.5) is 8.78 Å². The highest BCUT2D eigenvalue weighted by Crippen LogP contribution is 2.23. The molecular weight excluding hydrogens is 292 g/mol. The smallest absolute Gasteiger partial charge is 0.275 e. The highest BCUT2D eigenvalue weighted by atomic mass is 19.3. The van der Waals surface area contributed by atoms with Gasteiger partial charge in [0.25, 0.3) is 12.3 Å². The molecule has 0 saturated heterocycles. The number of rotatable bonds is 5. The summed E-state index contributed by atoms with van der Waals surface area (Å²) in [5, 5.41) is 4.67. The lowest BCUT2D eigenvalue weighted by molar-refractivity contribution is -0.102. The molecule has 0 unspecified atom stereocenters. The molecule has 1 heterocycles. The number of amides is 1. The van der Waals surface area contributed by atoms with E-state index in [1.807, 2.05) is 31.2 Å². The summed E-state index contributed by atoms with van der Waals surface area (Å²) in [7, 11) is 2.81. The van der Waals surface area contributed by atoms with Crippen LogP contribution in [-0.2, 0) is 18.4 Å². The van der Waals surface area contributed by atoms with Gasteiger partial charge in [0, 0.05) is 13.2 Å². The second-order valence-corrected chi connectivity index (χ2v) is 4.92. The van der Waals surface area contributed by atoms with E-state index in [9.17, 15) is 13.6 Å². The number of alkyl halides is 2. The molecule has 0 aliphatic carbocycles. The number of benzene rings is 1. The second-order valence-electron chi connectivity index (χ2n) is 4.92. The topological polar surface area (TPSA) is 47.4 Å². The van der Waals surface area contributed by atoms with Crippen molar-refractivity contribution in [2.24, 2.45) is 7.05 Å². The summed E-state index contributed by atoms with van der Waals surface area (Å²) in [6, 6.07) is 7.52. The highest BCUT2D eigenvalue weighted by molar-refractivity contribution is 5.94. The molecular formula is C15H17F2N3O2. The Hall–Kier alpha value is -2.28. The van der Waals surface area contributed by atoms with Crippen LogP contribution in [0.3, 0.4) is 0 Å². The summed E-state index contributed by atoms with van der Waals surface area (Å²) in [4.78, 5) is 17.5. The first-order valence-electron chi connectivity index (χ1n) is 6.65. The van der Waals surface area contributed by atoms with Gasteiger partial charge in [-0.05, 0) is 12.5 Å². The summed E-state index contributed by atoms with van der Waals surface area (Å²) >= 11 is 0. The zero-order chi connectivity index (χ0) is 16.3. The number of aryl methyl sites for hydroxylation is 2. The summed E-state index contributed by atoms with van der Waals surface area (Å²) in [6.07, 6.45) is -1.55. The van der Waals surface area contributed by atoms with E-state index in [0.29, 0.717) is 0 Å². The van der Waals surface area contributed by atoms with Crippen molar-refractivity contribution in [1.82, 2.24) is 14.8 Å². The molecule has 0 bridgehead atoms. The van der Waals surface area contributed by atoms with Gasteiger partial charge in [0.2, 0.25) is 0 Å². The third-order valence-electron chi connectivity index (χ3n) is 3.15. The number of hydrogen-bond donors (Lipinski definition) is 0. The van der Waals surface area contributed by atoms with Gasteiger partial charge in [0.05, 0.1) is 19.2 Å². The van der Waals surface area contributed by atoms with Gasteiger partial charge in [-0.1, -0.05) is 29.8 Å². The number of carbonyl (C=O) groups is 1. The fourth-order valence-electron chi connectivity index (χ4n) is 2.16.